The Balaban J connectivity index is 2.16. The van der Waals surface area contributed by atoms with Crippen LogP contribution in [0.4, 0.5) is 0 Å². The summed E-state index contributed by atoms with van der Waals surface area (Å²) in [4.78, 5) is 3.40. The molecule has 0 bridgehead atoms. The quantitative estimate of drug-likeness (QED) is 0.519. The Morgan fingerprint density at radius 1 is 0.889 bits per heavy atom. The van der Waals surface area contributed by atoms with Crippen LogP contribution in [0.15, 0.2) is 24.4 Å². The average molecular weight is 406 g/mol. The highest BCUT2D eigenvalue weighted by Gasteiger charge is 2.39. The van der Waals surface area contributed by atoms with Gasteiger partial charge < -0.3 is 13.8 Å². The predicted octanol–water partition coefficient (Wildman–Crippen LogP) is 7.12. The van der Waals surface area contributed by atoms with Gasteiger partial charge in [-0.05, 0) is 66.4 Å². The van der Waals surface area contributed by atoms with Crippen LogP contribution in [-0.2, 0) is 10.8 Å². The zero-order valence-electron chi connectivity index (χ0n) is 19.0. The lowest BCUT2D eigenvalue weighted by Gasteiger charge is -2.36. The van der Waals surface area contributed by atoms with Crippen molar-refractivity contribution in [3.63, 3.8) is 0 Å². The maximum absolute atomic E-state index is 6.50. The fourth-order valence-corrected chi connectivity index (χ4v) is 4.58. The van der Waals surface area contributed by atoms with Gasteiger partial charge in [0.15, 0.2) is 8.32 Å². The van der Waals surface area contributed by atoms with Crippen molar-refractivity contribution in [1.29, 1.82) is 0 Å². The lowest BCUT2D eigenvalue weighted by Crippen LogP contribution is -2.43. The maximum atomic E-state index is 6.50. The van der Waals surface area contributed by atoms with E-state index in [1.165, 1.54) is 16.5 Å². The van der Waals surface area contributed by atoms with Gasteiger partial charge in [-0.2, -0.15) is 0 Å². The van der Waals surface area contributed by atoms with E-state index in [2.05, 4.69) is 97.1 Å². The van der Waals surface area contributed by atoms with E-state index in [1.54, 1.807) is 0 Å². The van der Waals surface area contributed by atoms with Crippen LogP contribution in [0, 0.1) is 0 Å². The Morgan fingerprint density at radius 2 is 1.48 bits per heavy atom. The summed E-state index contributed by atoms with van der Waals surface area (Å²) in [7, 11) is -3.53. The number of rotatable bonds is 6. The molecule has 0 aliphatic carbocycles. The third-order valence-electron chi connectivity index (χ3n) is 6.56. The molecule has 1 N–H and O–H groups in total. The van der Waals surface area contributed by atoms with Gasteiger partial charge >= 0.3 is 0 Å². The summed E-state index contributed by atoms with van der Waals surface area (Å²) in [5.74, 6) is 0.986. The molecule has 0 fully saturated rings. The fourth-order valence-electron chi connectivity index (χ4n) is 2.51. The lowest BCUT2D eigenvalue weighted by atomic mass is 10.1. The summed E-state index contributed by atoms with van der Waals surface area (Å²) < 4.78 is 12.9. The summed E-state index contributed by atoms with van der Waals surface area (Å²) in [5.41, 5.74) is 2.48. The maximum Gasteiger partial charge on any atom is 0.250 e. The number of hydrogen-bond acceptors (Lipinski definition) is 2. The summed E-state index contributed by atoms with van der Waals surface area (Å²) in [6.45, 7) is 23.7. The molecule has 3 nitrogen and oxygen atoms in total. The molecule has 0 aliphatic heterocycles. The molecule has 0 amide bonds. The highest BCUT2D eigenvalue weighted by atomic mass is 28.4. The van der Waals surface area contributed by atoms with Crippen LogP contribution in [0.5, 0.6) is 5.75 Å². The third kappa shape index (κ3) is 5.06. The standard InChI is InChI=1S/C22H39NO2Si2/c1-21(2,3)26(7,8)24-14-13-17-16-23-20-12-11-18(15-19(17)20)25-27(9,10)22(4,5)6/h11-12,15-16,23H,13-14H2,1-10H3. The van der Waals surface area contributed by atoms with Crippen molar-refractivity contribution >= 4 is 27.5 Å². The molecule has 1 heterocycles. The van der Waals surface area contributed by atoms with Crippen molar-refractivity contribution in [2.75, 3.05) is 6.61 Å². The van der Waals surface area contributed by atoms with Crippen molar-refractivity contribution in [2.45, 2.75) is 84.2 Å². The molecular weight excluding hydrogens is 366 g/mol. The van der Waals surface area contributed by atoms with Gasteiger partial charge in [-0.25, -0.2) is 0 Å². The van der Waals surface area contributed by atoms with Crippen LogP contribution in [0.1, 0.15) is 47.1 Å². The molecule has 0 spiro atoms. The van der Waals surface area contributed by atoms with Crippen molar-refractivity contribution in [2.24, 2.45) is 0 Å². The zero-order valence-corrected chi connectivity index (χ0v) is 21.0. The van der Waals surface area contributed by atoms with Crippen molar-refractivity contribution in [1.82, 2.24) is 4.98 Å². The number of nitrogens with one attached hydrogen (secondary N) is 1. The normalized spacial score (nSPS) is 14.0. The molecule has 27 heavy (non-hydrogen) atoms. The zero-order chi connectivity index (χ0) is 20.7. The van der Waals surface area contributed by atoms with E-state index in [4.69, 9.17) is 8.85 Å². The summed E-state index contributed by atoms with van der Waals surface area (Å²) in [6.07, 6.45) is 3.05. The molecule has 0 saturated carbocycles. The molecule has 2 rings (SSSR count). The Hall–Kier alpha value is -1.05. The number of benzene rings is 1. The Kier molecular flexibility index (Phi) is 6.11. The second-order valence-corrected chi connectivity index (χ2v) is 20.3. The Bertz CT molecular complexity index is 780. The number of aromatic amines is 1. The first-order chi connectivity index (χ1) is 12.1. The number of H-pyrrole nitrogens is 1. The van der Waals surface area contributed by atoms with E-state index >= 15 is 0 Å². The van der Waals surface area contributed by atoms with Gasteiger partial charge in [0, 0.05) is 23.7 Å². The first-order valence-electron chi connectivity index (χ1n) is 10.1. The van der Waals surface area contributed by atoms with Gasteiger partial charge in [0.2, 0.25) is 8.32 Å². The first-order valence-corrected chi connectivity index (χ1v) is 15.9. The largest absolute Gasteiger partial charge is 0.543 e. The van der Waals surface area contributed by atoms with E-state index < -0.39 is 16.6 Å². The molecule has 1 aromatic carbocycles. The van der Waals surface area contributed by atoms with E-state index in [0.29, 0.717) is 0 Å². The summed E-state index contributed by atoms with van der Waals surface area (Å²) in [5, 5.41) is 1.70. The molecule has 0 unspecified atom stereocenters. The van der Waals surface area contributed by atoms with E-state index in [-0.39, 0.29) is 10.1 Å². The molecule has 1 aromatic heterocycles. The number of hydrogen-bond donors (Lipinski definition) is 1. The van der Waals surface area contributed by atoms with Crippen LogP contribution < -0.4 is 4.43 Å². The molecular formula is C22H39NO2Si2. The van der Waals surface area contributed by atoms with E-state index in [0.717, 1.165) is 18.8 Å². The monoisotopic (exact) mass is 405 g/mol. The van der Waals surface area contributed by atoms with Gasteiger partial charge in [-0.15, -0.1) is 0 Å². The Morgan fingerprint density at radius 3 is 2.04 bits per heavy atom. The molecule has 0 aliphatic rings. The number of aromatic nitrogens is 1. The highest BCUT2D eigenvalue weighted by Crippen LogP contribution is 2.38. The minimum atomic E-state index is -1.83. The molecule has 5 heteroatoms. The number of fused-ring (bicyclic) bond motifs is 1. The van der Waals surface area contributed by atoms with Crippen LogP contribution in [0.2, 0.25) is 36.3 Å². The third-order valence-corrected chi connectivity index (χ3v) is 15.5. The molecule has 0 saturated heterocycles. The summed E-state index contributed by atoms with van der Waals surface area (Å²) >= 11 is 0. The van der Waals surface area contributed by atoms with Gasteiger partial charge in [-0.1, -0.05) is 41.5 Å². The minimum absolute atomic E-state index is 0.194. The molecule has 152 valence electrons. The van der Waals surface area contributed by atoms with Crippen LogP contribution in [0.25, 0.3) is 10.9 Å². The van der Waals surface area contributed by atoms with Gasteiger partial charge in [0.05, 0.1) is 0 Å². The SMILES string of the molecule is CC(C)(C)[Si](C)(C)OCCc1c[nH]c2ccc(O[Si](C)(C)C(C)(C)C)cc12. The first kappa shape index (κ1) is 22.2. The van der Waals surface area contributed by atoms with E-state index in [9.17, 15) is 0 Å². The van der Waals surface area contributed by atoms with E-state index in [1.807, 2.05) is 0 Å². The Labute approximate surface area is 168 Å². The fraction of sp³-hybridized carbons (Fsp3) is 0.636. The van der Waals surface area contributed by atoms with Crippen molar-refractivity contribution in [3.8, 4) is 5.75 Å². The minimum Gasteiger partial charge on any atom is -0.543 e. The highest BCUT2D eigenvalue weighted by molar-refractivity contribution is 6.75. The second-order valence-electron chi connectivity index (χ2n) is 10.7. The second kappa shape index (κ2) is 7.41. The lowest BCUT2D eigenvalue weighted by molar-refractivity contribution is 0.292. The smallest absolute Gasteiger partial charge is 0.250 e. The van der Waals surface area contributed by atoms with Crippen molar-refractivity contribution in [3.05, 3.63) is 30.0 Å². The van der Waals surface area contributed by atoms with Gasteiger partial charge in [-0.3, -0.25) is 0 Å². The van der Waals surface area contributed by atoms with Gasteiger partial charge in [0.1, 0.15) is 5.75 Å². The molecule has 0 radical (unpaired) electrons. The topological polar surface area (TPSA) is 34.2 Å². The van der Waals surface area contributed by atoms with Gasteiger partial charge in [0.25, 0.3) is 0 Å². The average Bonchev–Trinajstić information content (AvgIpc) is 2.87. The predicted molar refractivity (Wildman–Crippen MR) is 123 cm³/mol. The summed E-state index contributed by atoms with van der Waals surface area (Å²) in [6, 6.07) is 6.43. The van der Waals surface area contributed by atoms with Crippen LogP contribution >= 0.6 is 0 Å². The molecule has 2 aromatic rings. The van der Waals surface area contributed by atoms with Crippen LogP contribution in [-0.4, -0.2) is 28.2 Å². The molecule has 0 atom stereocenters. The van der Waals surface area contributed by atoms with Crippen LogP contribution in [0.3, 0.4) is 0 Å². The van der Waals surface area contributed by atoms with Crippen molar-refractivity contribution < 1.29 is 8.85 Å².